The van der Waals surface area contributed by atoms with Crippen molar-refractivity contribution < 1.29 is 4.74 Å². The van der Waals surface area contributed by atoms with E-state index in [1.807, 2.05) is 0 Å². The molecule has 1 nitrogen and oxygen atoms in total. The van der Waals surface area contributed by atoms with Gasteiger partial charge in [-0.1, -0.05) is 32.9 Å². The molecule has 2 unspecified atom stereocenters. The summed E-state index contributed by atoms with van der Waals surface area (Å²) in [6, 6.07) is 0. The van der Waals surface area contributed by atoms with Crippen LogP contribution in [-0.2, 0) is 4.74 Å². The highest BCUT2D eigenvalue weighted by molar-refractivity contribution is 7.80. The van der Waals surface area contributed by atoms with Crippen molar-refractivity contribution in [2.45, 2.75) is 33.6 Å². The van der Waals surface area contributed by atoms with Crippen molar-refractivity contribution >= 4 is 12.6 Å². The number of hydrogen-bond donors (Lipinski definition) is 1. The molecule has 0 fully saturated rings. The number of rotatable bonds is 5. The second kappa shape index (κ2) is 5.95. The van der Waals surface area contributed by atoms with Crippen molar-refractivity contribution in [1.82, 2.24) is 0 Å². The van der Waals surface area contributed by atoms with Crippen molar-refractivity contribution in [3.05, 3.63) is 12.2 Å². The van der Waals surface area contributed by atoms with Crippen LogP contribution in [-0.4, -0.2) is 19.0 Å². The molecule has 0 bridgehead atoms. The van der Waals surface area contributed by atoms with Crippen molar-refractivity contribution in [2.75, 3.05) is 19.0 Å². The lowest BCUT2D eigenvalue weighted by Crippen LogP contribution is -2.25. The molecule has 0 spiro atoms. The SMILES string of the molecule is CC1CC=CCC1COCC(C)(C)CS. The second-order valence-electron chi connectivity index (χ2n) is 5.52. The molecule has 0 saturated heterocycles. The molecule has 0 N–H and O–H groups in total. The molecule has 0 heterocycles. The van der Waals surface area contributed by atoms with Gasteiger partial charge >= 0.3 is 0 Å². The molecule has 0 radical (unpaired) electrons. The topological polar surface area (TPSA) is 9.23 Å². The maximum absolute atomic E-state index is 5.82. The molecule has 0 aromatic rings. The van der Waals surface area contributed by atoms with Crippen molar-refractivity contribution in [2.24, 2.45) is 17.3 Å². The summed E-state index contributed by atoms with van der Waals surface area (Å²) in [6.07, 6.45) is 6.98. The van der Waals surface area contributed by atoms with E-state index in [0.717, 1.165) is 24.9 Å². The molecule has 1 rings (SSSR count). The van der Waals surface area contributed by atoms with E-state index in [-0.39, 0.29) is 5.41 Å². The summed E-state index contributed by atoms with van der Waals surface area (Å²) in [5, 5.41) is 0. The molecular formula is C13H24OS. The fourth-order valence-corrected chi connectivity index (χ4v) is 1.86. The van der Waals surface area contributed by atoms with Gasteiger partial charge in [-0.2, -0.15) is 12.6 Å². The number of hydrogen-bond acceptors (Lipinski definition) is 2. The summed E-state index contributed by atoms with van der Waals surface area (Å²) in [5.74, 6) is 2.37. The van der Waals surface area contributed by atoms with Crippen molar-refractivity contribution in [3.8, 4) is 0 Å². The van der Waals surface area contributed by atoms with Crippen LogP contribution in [0, 0.1) is 17.3 Å². The second-order valence-corrected chi connectivity index (χ2v) is 5.83. The predicted octanol–water partition coefficient (Wildman–Crippen LogP) is 3.56. The van der Waals surface area contributed by atoms with Crippen molar-refractivity contribution in [3.63, 3.8) is 0 Å². The smallest absolute Gasteiger partial charge is 0.0525 e. The third kappa shape index (κ3) is 4.60. The van der Waals surface area contributed by atoms with E-state index in [0.29, 0.717) is 5.92 Å². The Hall–Kier alpha value is 0.0500. The summed E-state index contributed by atoms with van der Waals surface area (Å²) < 4.78 is 5.82. The van der Waals surface area contributed by atoms with Gasteiger partial charge in [0.25, 0.3) is 0 Å². The molecule has 0 amide bonds. The van der Waals surface area contributed by atoms with Gasteiger partial charge in [-0.05, 0) is 35.8 Å². The first-order valence-electron chi connectivity index (χ1n) is 5.89. The highest BCUT2D eigenvalue weighted by atomic mass is 32.1. The Bertz CT molecular complexity index is 211. The molecule has 1 aliphatic carbocycles. The molecule has 0 aromatic heterocycles. The normalized spacial score (nSPS) is 26.9. The minimum absolute atomic E-state index is 0.205. The van der Waals surface area contributed by atoms with Gasteiger partial charge in [0, 0.05) is 6.61 Å². The molecule has 15 heavy (non-hydrogen) atoms. The van der Waals surface area contributed by atoms with Crippen LogP contribution in [0.25, 0.3) is 0 Å². The Labute approximate surface area is 99.7 Å². The Morgan fingerprint density at radius 1 is 1.33 bits per heavy atom. The molecule has 0 aliphatic heterocycles. The molecule has 2 atom stereocenters. The number of thiol groups is 1. The van der Waals surface area contributed by atoms with E-state index in [1.165, 1.54) is 12.8 Å². The molecule has 88 valence electrons. The van der Waals surface area contributed by atoms with Gasteiger partial charge < -0.3 is 4.74 Å². The Morgan fingerprint density at radius 2 is 2.00 bits per heavy atom. The lowest BCUT2D eigenvalue weighted by molar-refractivity contribution is 0.0363. The molecule has 1 aliphatic rings. The Balaban J connectivity index is 2.22. The number of allylic oxidation sites excluding steroid dienone is 2. The van der Waals surface area contributed by atoms with Gasteiger partial charge in [0.2, 0.25) is 0 Å². The summed E-state index contributed by atoms with van der Waals surface area (Å²) in [5.41, 5.74) is 0.205. The van der Waals surface area contributed by atoms with Crippen LogP contribution in [0.15, 0.2) is 12.2 Å². The largest absolute Gasteiger partial charge is 0.381 e. The molecule has 2 heteroatoms. The van der Waals surface area contributed by atoms with Gasteiger partial charge in [-0.25, -0.2) is 0 Å². The average molecular weight is 228 g/mol. The molecule has 0 saturated carbocycles. The first kappa shape index (κ1) is 13.1. The van der Waals surface area contributed by atoms with E-state index in [2.05, 4.69) is 45.6 Å². The maximum atomic E-state index is 5.82. The van der Waals surface area contributed by atoms with Gasteiger partial charge in [0.15, 0.2) is 0 Å². The van der Waals surface area contributed by atoms with Gasteiger partial charge in [0.1, 0.15) is 0 Å². The average Bonchev–Trinajstić information content (AvgIpc) is 2.21. The summed E-state index contributed by atoms with van der Waals surface area (Å²) in [4.78, 5) is 0. The van der Waals surface area contributed by atoms with E-state index in [9.17, 15) is 0 Å². The fraction of sp³-hybridized carbons (Fsp3) is 0.846. The van der Waals surface area contributed by atoms with Crippen molar-refractivity contribution in [1.29, 1.82) is 0 Å². The van der Waals surface area contributed by atoms with E-state index in [1.54, 1.807) is 0 Å². The Morgan fingerprint density at radius 3 is 2.60 bits per heavy atom. The first-order valence-corrected chi connectivity index (χ1v) is 6.52. The van der Waals surface area contributed by atoms with Crippen LogP contribution in [0.5, 0.6) is 0 Å². The predicted molar refractivity (Wildman–Crippen MR) is 69.5 cm³/mol. The zero-order chi connectivity index (χ0) is 11.3. The molecular weight excluding hydrogens is 204 g/mol. The fourth-order valence-electron chi connectivity index (χ4n) is 1.77. The monoisotopic (exact) mass is 228 g/mol. The standard InChI is InChI=1S/C13H24OS/c1-11-6-4-5-7-12(11)8-14-9-13(2,3)10-15/h4-5,11-12,15H,6-10H2,1-3H3. The quantitative estimate of drug-likeness (QED) is 0.559. The third-order valence-electron chi connectivity index (χ3n) is 3.17. The molecule has 0 aromatic carbocycles. The first-order chi connectivity index (χ1) is 7.05. The van der Waals surface area contributed by atoms with Gasteiger partial charge in [0.05, 0.1) is 6.61 Å². The van der Waals surface area contributed by atoms with Crippen LogP contribution >= 0.6 is 12.6 Å². The highest BCUT2D eigenvalue weighted by Gasteiger charge is 2.21. The maximum Gasteiger partial charge on any atom is 0.0525 e. The minimum Gasteiger partial charge on any atom is -0.381 e. The van der Waals surface area contributed by atoms with Crippen LogP contribution in [0.1, 0.15) is 33.6 Å². The minimum atomic E-state index is 0.205. The lowest BCUT2D eigenvalue weighted by Gasteiger charge is -2.27. The van der Waals surface area contributed by atoms with Crippen LogP contribution in [0.3, 0.4) is 0 Å². The van der Waals surface area contributed by atoms with Gasteiger partial charge in [-0.3, -0.25) is 0 Å². The van der Waals surface area contributed by atoms with Crippen LogP contribution in [0.2, 0.25) is 0 Å². The summed E-state index contributed by atoms with van der Waals surface area (Å²) in [7, 11) is 0. The summed E-state index contributed by atoms with van der Waals surface area (Å²) >= 11 is 4.33. The Kier molecular flexibility index (Phi) is 5.20. The van der Waals surface area contributed by atoms with Crippen LogP contribution in [0.4, 0.5) is 0 Å². The van der Waals surface area contributed by atoms with Gasteiger partial charge in [-0.15, -0.1) is 0 Å². The summed E-state index contributed by atoms with van der Waals surface area (Å²) in [6.45, 7) is 8.45. The zero-order valence-electron chi connectivity index (χ0n) is 10.2. The lowest BCUT2D eigenvalue weighted by atomic mass is 9.85. The van der Waals surface area contributed by atoms with E-state index in [4.69, 9.17) is 4.74 Å². The number of ether oxygens (including phenoxy) is 1. The van der Waals surface area contributed by atoms with E-state index >= 15 is 0 Å². The highest BCUT2D eigenvalue weighted by Crippen LogP contribution is 2.26. The zero-order valence-corrected chi connectivity index (χ0v) is 11.1. The third-order valence-corrected chi connectivity index (χ3v) is 4.03. The van der Waals surface area contributed by atoms with Crippen LogP contribution < -0.4 is 0 Å². The van der Waals surface area contributed by atoms with E-state index < -0.39 is 0 Å².